The topological polar surface area (TPSA) is 6.48 Å². The van der Waals surface area contributed by atoms with Gasteiger partial charge in [0.25, 0.3) is 0 Å². The number of allylic oxidation sites excluding steroid dienone is 7. The molecule has 0 aliphatic heterocycles. The van der Waals surface area contributed by atoms with Gasteiger partial charge in [0.05, 0.1) is 5.69 Å². The van der Waals surface area contributed by atoms with Crippen LogP contribution in [0.25, 0.3) is 32.3 Å². The van der Waals surface area contributed by atoms with Crippen molar-refractivity contribution in [3.63, 3.8) is 0 Å². The standard InChI is InChI=1S/C47H48N2/c1-10-32(4)13-11-27-48(28-12-14-33(5)31(2)3)44-25-19-38-18-24-43-45(26-20-39-17-23-42(44)46(38)47(39)43)49(40-21-15-34(6)36(8)29-40)41-22-16-35(7)37(9)30-41/h10-27,29-30H,1,28H2,2-9H3/b14-12-,27-11+,32-13-. The zero-order valence-corrected chi connectivity index (χ0v) is 30.4. The van der Waals surface area contributed by atoms with Crippen molar-refractivity contribution < 1.29 is 0 Å². The lowest BCUT2D eigenvalue weighted by molar-refractivity contribution is 1.09. The number of benzene rings is 6. The second-order valence-electron chi connectivity index (χ2n) is 13.7. The summed E-state index contributed by atoms with van der Waals surface area (Å²) in [6.45, 7) is 22.0. The number of nitrogens with zero attached hydrogens (tertiary/aromatic N) is 2. The summed E-state index contributed by atoms with van der Waals surface area (Å²) in [5.41, 5.74) is 13.6. The molecule has 6 rings (SSSR count). The number of rotatable bonds is 10. The summed E-state index contributed by atoms with van der Waals surface area (Å²) in [4.78, 5) is 4.79. The lowest BCUT2D eigenvalue weighted by atomic mass is 9.92. The molecule has 0 fully saturated rings. The van der Waals surface area contributed by atoms with Gasteiger partial charge in [0, 0.05) is 40.6 Å². The second-order valence-corrected chi connectivity index (χ2v) is 13.7. The predicted octanol–water partition coefficient (Wildman–Crippen LogP) is 13.7. The van der Waals surface area contributed by atoms with E-state index < -0.39 is 0 Å². The molecule has 2 nitrogen and oxygen atoms in total. The van der Waals surface area contributed by atoms with Crippen LogP contribution in [0.15, 0.2) is 145 Å². The molecule has 0 spiro atoms. The number of hydrogen-bond donors (Lipinski definition) is 0. The van der Waals surface area contributed by atoms with Gasteiger partial charge in [-0.15, -0.1) is 0 Å². The first-order valence-corrected chi connectivity index (χ1v) is 17.3. The van der Waals surface area contributed by atoms with Crippen LogP contribution >= 0.6 is 0 Å². The third-order valence-corrected chi connectivity index (χ3v) is 10.1. The molecule has 0 saturated heterocycles. The van der Waals surface area contributed by atoms with Crippen LogP contribution in [0.4, 0.5) is 22.7 Å². The fraction of sp³-hybridized carbons (Fsp3) is 0.191. The van der Waals surface area contributed by atoms with Crippen LogP contribution in [-0.2, 0) is 0 Å². The first-order valence-electron chi connectivity index (χ1n) is 17.3. The molecule has 0 bridgehead atoms. The van der Waals surface area contributed by atoms with Crippen molar-refractivity contribution in [2.75, 3.05) is 16.3 Å². The molecular formula is C47H48N2. The van der Waals surface area contributed by atoms with Gasteiger partial charge in [0.1, 0.15) is 0 Å². The quantitative estimate of drug-likeness (QED) is 0.109. The van der Waals surface area contributed by atoms with Gasteiger partial charge in [0.15, 0.2) is 0 Å². The van der Waals surface area contributed by atoms with Crippen LogP contribution in [0, 0.1) is 27.7 Å². The Morgan fingerprint density at radius 1 is 0.633 bits per heavy atom. The Balaban J connectivity index is 1.58. The van der Waals surface area contributed by atoms with E-state index in [1.807, 2.05) is 6.08 Å². The normalized spacial score (nSPS) is 12.2. The van der Waals surface area contributed by atoms with Gasteiger partial charge >= 0.3 is 0 Å². The minimum Gasteiger partial charge on any atom is -0.344 e. The lowest BCUT2D eigenvalue weighted by Crippen LogP contribution is -2.16. The van der Waals surface area contributed by atoms with Crippen LogP contribution in [0.3, 0.4) is 0 Å². The monoisotopic (exact) mass is 640 g/mol. The van der Waals surface area contributed by atoms with Crippen LogP contribution in [0.2, 0.25) is 0 Å². The summed E-state index contributed by atoms with van der Waals surface area (Å²) >= 11 is 0. The molecule has 246 valence electrons. The van der Waals surface area contributed by atoms with Gasteiger partial charge in [0.2, 0.25) is 0 Å². The van der Waals surface area contributed by atoms with Crippen molar-refractivity contribution in [3.05, 3.63) is 167 Å². The first-order chi connectivity index (χ1) is 23.6. The molecule has 0 heterocycles. The summed E-state index contributed by atoms with van der Waals surface area (Å²) in [7, 11) is 0. The molecule has 2 heteroatoms. The van der Waals surface area contributed by atoms with Gasteiger partial charge in [-0.25, -0.2) is 0 Å². The summed E-state index contributed by atoms with van der Waals surface area (Å²) in [6.07, 6.45) is 12.8. The number of hydrogen-bond acceptors (Lipinski definition) is 2. The van der Waals surface area contributed by atoms with E-state index in [1.165, 1.54) is 88.5 Å². The third kappa shape index (κ3) is 6.69. The van der Waals surface area contributed by atoms with Crippen molar-refractivity contribution in [1.82, 2.24) is 0 Å². The van der Waals surface area contributed by atoms with E-state index in [2.05, 4.69) is 187 Å². The molecule has 0 N–H and O–H groups in total. The summed E-state index contributed by atoms with van der Waals surface area (Å²) in [5, 5.41) is 7.59. The highest BCUT2D eigenvalue weighted by Crippen LogP contribution is 2.45. The predicted molar refractivity (Wildman–Crippen MR) is 217 cm³/mol. The van der Waals surface area contributed by atoms with Crippen LogP contribution in [0.1, 0.15) is 49.9 Å². The third-order valence-electron chi connectivity index (χ3n) is 10.1. The summed E-state index contributed by atoms with van der Waals surface area (Å²) < 4.78 is 0. The fourth-order valence-electron chi connectivity index (χ4n) is 6.49. The Morgan fingerprint density at radius 3 is 1.69 bits per heavy atom. The van der Waals surface area contributed by atoms with Crippen molar-refractivity contribution in [2.45, 2.75) is 55.4 Å². The minimum absolute atomic E-state index is 0.755. The molecule has 0 aromatic heterocycles. The van der Waals surface area contributed by atoms with E-state index >= 15 is 0 Å². The summed E-state index contributed by atoms with van der Waals surface area (Å²) in [6, 6.07) is 32.0. The number of aryl methyl sites for hydroxylation is 4. The molecule has 6 aromatic rings. The Hall–Kier alpha value is -5.34. The average Bonchev–Trinajstić information content (AvgIpc) is 3.09. The van der Waals surface area contributed by atoms with E-state index in [0.717, 1.165) is 12.1 Å². The van der Waals surface area contributed by atoms with Gasteiger partial charge in [-0.05, 0) is 142 Å². The lowest BCUT2D eigenvalue weighted by Gasteiger charge is -2.29. The molecule has 0 saturated carbocycles. The van der Waals surface area contributed by atoms with Crippen LogP contribution in [-0.4, -0.2) is 6.54 Å². The van der Waals surface area contributed by atoms with Crippen LogP contribution in [0.5, 0.6) is 0 Å². The van der Waals surface area contributed by atoms with Crippen molar-refractivity contribution >= 4 is 55.1 Å². The van der Waals surface area contributed by atoms with Gasteiger partial charge in [-0.1, -0.05) is 96.1 Å². The Morgan fingerprint density at radius 2 is 1.16 bits per heavy atom. The Kier molecular flexibility index (Phi) is 9.60. The molecule has 49 heavy (non-hydrogen) atoms. The van der Waals surface area contributed by atoms with E-state index in [0.29, 0.717) is 0 Å². The highest BCUT2D eigenvalue weighted by molar-refractivity contribution is 6.27. The molecule has 0 aliphatic rings. The highest BCUT2D eigenvalue weighted by atomic mass is 15.1. The molecule has 0 atom stereocenters. The first kappa shape index (κ1) is 33.6. The molecule has 0 amide bonds. The maximum atomic E-state index is 3.93. The smallest absolute Gasteiger partial charge is 0.0540 e. The maximum absolute atomic E-state index is 3.93. The summed E-state index contributed by atoms with van der Waals surface area (Å²) in [5.74, 6) is 0. The molecule has 0 aliphatic carbocycles. The Bertz CT molecular complexity index is 2250. The fourth-order valence-corrected chi connectivity index (χ4v) is 6.49. The van der Waals surface area contributed by atoms with Crippen molar-refractivity contribution in [1.29, 1.82) is 0 Å². The van der Waals surface area contributed by atoms with Crippen molar-refractivity contribution in [2.24, 2.45) is 0 Å². The molecular weight excluding hydrogens is 593 g/mol. The van der Waals surface area contributed by atoms with E-state index in [9.17, 15) is 0 Å². The van der Waals surface area contributed by atoms with Crippen molar-refractivity contribution in [3.8, 4) is 0 Å². The highest BCUT2D eigenvalue weighted by Gasteiger charge is 2.20. The van der Waals surface area contributed by atoms with E-state index in [1.54, 1.807) is 0 Å². The molecule has 0 unspecified atom stereocenters. The zero-order valence-electron chi connectivity index (χ0n) is 30.4. The second kappa shape index (κ2) is 14.0. The molecule has 6 aromatic carbocycles. The zero-order chi connectivity index (χ0) is 34.8. The van der Waals surface area contributed by atoms with E-state index in [-0.39, 0.29) is 0 Å². The Labute approximate surface area is 293 Å². The maximum Gasteiger partial charge on any atom is 0.0540 e. The SMILES string of the molecule is C=C/C(C)=C\C=C\N(C/C=C\C(C)=C(C)C)c1ccc2ccc3c(N(c4ccc(C)c(C)c4)c4ccc(C)c(C)c4)ccc4ccc1c2c43. The van der Waals surface area contributed by atoms with Gasteiger partial charge in [-0.2, -0.15) is 0 Å². The number of anilines is 4. The van der Waals surface area contributed by atoms with Gasteiger partial charge < -0.3 is 9.80 Å². The van der Waals surface area contributed by atoms with Crippen LogP contribution < -0.4 is 9.80 Å². The largest absolute Gasteiger partial charge is 0.344 e. The average molecular weight is 641 g/mol. The van der Waals surface area contributed by atoms with E-state index in [4.69, 9.17) is 0 Å². The van der Waals surface area contributed by atoms with Gasteiger partial charge in [-0.3, -0.25) is 0 Å². The molecule has 0 radical (unpaired) electrons. The minimum atomic E-state index is 0.755.